The minimum atomic E-state index is 0.612. The van der Waals surface area contributed by atoms with E-state index in [2.05, 4.69) is 49.4 Å². The van der Waals surface area contributed by atoms with Gasteiger partial charge in [-0.1, -0.05) is 26.7 Å². The lowest BCUT2D eigenvalue weighted by molar-refractivity contribution is 0.334. The van der Waals surface area contributed by atoms with Gasteiger partial charge in [0, 0.05) is 13.1 Å². The van der Waals surface area contributed by atoms with Gasteiger partial charge in [-0.05, 0) is 32.9 Å². The highest BCUT2D eigenvalue weighted by Gasteiger charge is 2.09. The summed E-state index contributed by atoms with van der Waals surface area (Å²) in [5, 5.41) is 6.80. The Morgan fingerprint density at radius 1 is 1.25 bits per heavy atom. The summed E-state index contributed by atoms with van der Waals surface area (Å²) in [4.78, 5) is 2.21. The largest absolute Gasteiger partial charge is 0.369 e. The molecule has 0 amide bonds. The minimum absolute atomic E-state index is 0.612. The van der Waals surface area contributed by atoms with Crippen molar-refractivity contribution >= 4 is 0 Å². The van der Waals surface area contributed by atoms with E-state index in [1.807, 2.05) is 7.05 Å². The first-order valence-corrected chi connectivity index (χ1v) is 6.48. The standard InChI is InChI=1S/C13H29N3/c1-6-9-12(10-7-2)15-13(8-3)16(5)11-14-4/h8,12,14-15H,6-7,9-11H2,1-5H3/b13-8+. The van der Waals surface area contributed by atoms with Crippen LogP contribution in [0.5, 0.6) is 0 Å². The summed E-state index contributed by atoms with van der Waals surface area (Å²) in [6.07, 6.45) is 7.13. The third-order valence-corrected chi connectivity index (χ3v) is 2.71. The summed E-state index contributed by atoms with van der Waals surface area (Å²) in [6.45, 7) is 7.45. The highest BCUT2D eigenvalue weighted by atomic mass is 15.3. The van der Waals surface area contributed by atoms with Crippen molar-refractivity contribution in [2.45, 2.75) is 52.5 Å². The van der Waals surface area contributed by atoms with Gasteiger partial charge in [-0.2, -0.15) is 0 Å². The van der Waals surface area contributed by atoms with Gasteiger partial charge in [-0.15, -0.1) is 0 Å². The van der Waals surface area contributed by atoms with Crippen molar-refractivity contribution < 1.29 is 0 Å². The van der Waals surface area contributed by atoms with E-state index < -0.39 is 0 Å². The van der Waals surface area contributed by atoms with Crippen LogP contribution in [0.2, 0.25) is 0 Å². The fourth-order valence-electron chi connectivity index (χ4n) is 1.93. The zero-order chi connectivity index (χ0) is 12.4. The molecule has 0 bridgehead atoms. The fraction of sp³-hybridized carbons (Fsp3) is 0.846. The molecule has 0 saturated carbocycles. The number of rotatable bonds is 9. The van der Waals surface area contributed by atoms with E-state index in [9.17, 15) is 0 Å². The van der Waals surface area contributed by atoms with E-state index in [0.717, 1.165) is 6.67 Å². The summed E-state index contributed by atoms with van der Waals surface area (Å²) in [6, 6.07) is 0.612. The van der Waals surface area contributed by atoms with Crippen molar-refractivity contribution in [1.82, 2.24) is 15.5 Å². The zero-order valence-electron chi connectivity index (χ0n) is 11.6. The normalized spacial score (nSPS) is 12.0. The highest BCUT2D eigenvalue weighted by molar-refractivity contribution is 4.97. The summed E-state index contributed by atoms with van der Waals surface area (Å²) >= 11 is 0. The molecule has 2 N–H and O–H groups in total. The Morgan fingerprint density at radius 3 is 2.19 bits per heavy atom. The van der Waals surface area contributed by atoms with Gasteiger partial charge in [0.25, 0.3) is 0 Å². The minimum Gasteiger partial charge on any atom is -0.369 e. The Kier molecular flexibility index (Phi) is 9.10. The van der Waals surface area contributed by atoms with Crippen LogP contribution in [0.1, 0.15) is 46.5 Å². The maximum atomic E-state index is 3.64. The molecule has 0 unspecified atom stereocenters. The SMILES string of the molecule is C/C=C(\NC(CCC)CCC)N(C)CNC. The Hall–Kier alpha value is -0.700. The van der Waals surface area contributed by atoms with E-state index >= 15 is 0 Å². The summed E-state index contributed by atoms with van der Waals surface area (Å²) < 4.78 is 0. The first kappa shape index (κ1) is 15.3. The van der Waals surface area contributed by atoms with Gasteiger partial charge in [0.05, 0.1) is 12.5 Å². The van der Waals surface area contributed by atoms with Crippen molar-refractivity contribution in [3.8, 4) is 0 Å². The number of hydrogen-bond acceptors (Lipinski definition) is 3. The van der Waals surface area contributed by atoms with E-state index in [1.165, 1.54) is 31.5 Å². The zero-order valence-corrected chi connectivity index (χ0v) is 11.6. The molecule has 0 spiro atoms. The molecule has 0 aromatic carbocycles. The maximum Gasteiger partial charge on any atom is 0.0978 e. The fourth-order valence-corrected chi connectivity index (χ4v) is 1.93. The smallest absolute Gasteiger partial charge is 0.0978 e. The first-order chi connectivity index (χ1) is 7.69. The van der Waals surface area contributed by atoms with Crippen LogP contribution in [0.3, 0.4) is 0 Å². The summed E-state index contributed by atoms with van der Waals surface area (Å²) in [7, 11) is 4.08. The van der Waals surface area contributed by atoms with Crippen molar-refractivity contribution in [3.63, 3.8) is 0 Å². The molecule has 3 nitrogen and oxygen atoms in total. The van der Waals surface area contributed by atoms with Gasteiger partial charge >= 0.3 is 0 Å². The molecular formula is C13H29N3. The molecule has 3 heteroatoms. The predicted octanol–water partition coefficient (Wildman–Crippen LogP) is 2.51. The van der Waals surface area contributed by atoms with Crippen LogP contribution in [0.25, 0.3) is 0 Å². The summed E-state index contributed by atoms with van der Waals surface area (Å²) in [5.41, 5.74) is 0. The molecule has 0 aromatic heterocycles. The molecule has 96 valence electrons. The Balaban J connectivity index is 4.25. The van der Waals surface area contributed by atoms with Crippen molar-refractivity contribution in [2.24, 2.45) is 0 Å². The quantitative estimate of drug-likeness (QED) is 0.593. The van der Waals surface area contributed by atoms with Crippen molar-refractivity contribution in [1.29, 1.82) is 0 Å². The Bertz CT molecular complexity index is 184. The maximum absolute atomic E-state index is 3.64. The molecule has 0 rings (SSSR count). The molecule has 16 heavy (non-hydrogen) atoms. The number of nitrogens with zero attached hydrogens (tertiary/aromatic N) is 1. The molecule has 0 aliphatic rings. The second-order valence-corrected chi connectivity index (χ2v) is 4.30. The van der Waals surface area contributed by atoms with E-state index in [-0.39, 0.29) is 0 Å². The number of hydrogen-bond donors (Lipinski definition) is 2. The third-order valence-electron chi connectivity index (χ3n) is 2.71. The predicted molar refractivity (Wildman–Crippen MR) is 72.2 cm³/mol. The molecular weight excluding hydrogens is 198 g/mol. The van der Waals surface area contributed by atoms with Crippen LogP contribution in [-0.2, 0) is 0 Å². The average Bonchev–Trinajstić information content (AvgIpc) is 2.26. The molecule has 0 atom stereocenters. The summed E-state index contributed by atoms with van der Waals surface area (Å²) in [5.74, 6) is 1.22. The van der Waals surface area contributed by atoms with Gasteiger partial charge < -0.3 is 15.5 Å². The highest BCUT2D eigenvalue weighted by Crippen LogP contribution is 2.08. The molecule has 0 aromatic rings. The molecule has 0 fully saturated rings. The monoisotopic (exact) mass is 227 g/mol. The lowest BCUT2D eigenvalue weighted by Crippen LogP contribution is -2.39. The second kappa shape index (κ2) is 9.52. The van der Waals surface area contributed by atoms with Crippen LogP contribution in [-0.4, -0.2) is 31.7 Å². The second-order valence-electron chi connectivity index (χ2n) is 4.30. The van der Waals surface area contributed by atoms with Crippen LogP contribution in [0.15, 0.2) is 11.9 Å². The van der Waals surface area contributed by atoms with Crippen LogP contribution in [0.4, 0.5) is 0 Å². The topological polar surface area (TPSA) is 27.3 Å². The van der Waals surface area contributed by atoms with Gasteiger partial charge in [0.1, 0.15) is 0 Å². The average molecular weight is 227 g/mol. The Labute approximate surface area is 101 Å². The number of nitrogens with one attached hydrogen (secondary N) is 2. The lowest BCUT2D eigenvalue weighted by Gasteiger charge is -2.28. The van der Waals surface area contributed by atoms with Crippen LogP contribution < -0.4 is 10.6 Å². The van der Waals surface area contributed by atoms with Gasteiger partial charge in [0.15, 0.2) is 0 Å². The van der Waals surface area contributed by atoms with Crippen LogP contribution >= 0.6 is 0 Å². The molecule has 0 saturated heterocycles. The molecule has 0 radical (unpaired) electrons. The van der Waals surface area contributed by atoms with E-state index in [4.69, 9.17) is 0 Å². The van der Waals surface area contributed by atoms with Gasteiger partial charge in [-0.3, -0.25) is 0 Å². The van der Waals surface area contributed by atoms with Crippen LogP contribution in [0, 0.1) is 0 Å². The van der Waals surface area contributed by atoms with Gasteiger partial charge in [0.2, 0.25) is 0 Å². The molecule has 0 aliphatic carbocycles. The van der Waals surface area contributed by atoms with E-state index in [1.54, 1.807) is 0 Å². The molecule has 0 aliphatic heterocycles. The van der Waals surface area contributed by atoms with Gasteiger partial charge in [-0.25, -0.2) is 0 Å². The number of allylic oxidation sites excluding steroid dienone is 1. The van der Waals surface area contributed by atoms with Crippen molar-refractivity contribution in [3.05, 3.63) is 11.9 Å². The van der Waals surface area contributed by atoms with Crippen molar-refractivity contribution in [2.75, 3.05) is 20.8 Å². The van der Waals surface area contributed by atoms with E-state index in [0.29, 0.717) is 6.04 Å². The lowest BCUT2D eigenvalue weighted by atomic mass is 10.1. The molecule has 0 heterocycles. The first-order valence-electron chi connectivity index (χ1n) is 6.48. The Morgan fingerprint density at radius 2 is 1.81 bits per heavy atom. The third kappa shape index (κ3) is 6.01.